The Morgan fingerprint density at radius 2 is 2.45 bits per heavy atom. The van der Waals surface area contributed by atoms with Gasteiger partial charge in [0.1, 0.15) is 6.10 Å². The number of aliphatic hydroxyl groups is 1. The molecule has 0 aromatic heterocycles. The van der Waals surface area contributed by atoms with Crippen LogP contribution in [0.1, 0.15) is 19.8 Å². The first kappa shape index (κ1) is 8.27. The molecule has 62 valence electrons. The van der Waals surface area contributed by atoms with E-state index in [0.717, 1.165) is 0 Å². The second-order valence-electron chi connectivity index (χ2n) is 2.63. The Morgan fingerprint density at radius 3 is 2.91 bits per heavy atom. The Bertz CT molecular complexity index is 184. The van der Waals surface area contributed by atoms with Crippen molar-refractivity contribution in [1.82, 2.24) is 0 Å². The van der Waals surface area contributed by atoms with Crippen molar-refractivity contribution in [3.63, 3.8) is 0 Å². The molecule has 11 heavy (non-hydrogen) atoms. The molecule has 0 fully saturated rings. The van der Waals surface area contributed by atoms with E-state index in [-0.39, 0.29) is 18.7 Å². The topological polar surface area (TPSA) is 46.5 Å². The number of carbonyl (C=O) groups is 1. The van der Waals surface area contributed by atoms with Gasteiger partial charge >= 0.3 is 5.97 Å². The van der Waals surface area contributed by atoms with Crippen molar-refractivity contribution in [3.8, 4) is 0 Å². The summed E-state index contributed by atoms with van der Waals surface area (Å²) in [6.07, 6.45) is 2.97. The molecule has 0 aliphatic carbocycles. The van der Waals surface area contributed by atoms with Crippen LogP contribution in [0.25, 0.3) is 0 Å². The van der Waals surface area contributed by atoms with Gasteiger partial charge in [-0.25, -0.2) is 4.79 Å². The zero-order chi connectivity index (χ0) is 8.27. The highest BCUT2D eigenvalue weighted by Gasteiger charge is 2.20. The summed E-state index contributed by atoms with van der Waals surface area (Å²) in [6, 6.07) is 0. The molecule has 0 bridgehead atoms. The monoisotopic (exact) mass is 156 g/mol. The van der Waals surface area contributed by atoms with E-state index in [2.05, 4.69) is 0 Å². The van der Waals surface area contributed by atoms with Crippen LogP contribution in [-0.2, 0) is 9.53 Å². The molecule has 0 radical (unpaired) electrons. The van der Waals surface area contributed by atoms with E-state index in [0.29, 0.717) is 18.4 Å². The summed E-state index contributed by atoms with van der Waals surface area (Å²) >= 11 is 0. The van der Waals surface area contributed by atoms with Gasteiger partial charge in [-0.1, -0.05) is 0 Å². The third-order valence-electron chi connectivity index (χ3n) is 1.60. The van der Waals surface area contributed by atoms with E-state index >= 15 is 0 Å². The van der Waals surface area contributed by atoms with Crippen LogP contribution in [0.15, 0.2) is 11.6 Å². The lowest BCUT2D eigenvalue weighted by atomic mass is 10.1. The third-order valence-corrected chi connectivity index (χ3v) is 1.60. The van der Waals surface area contributed by atoms with Crippen LogP contribution >= 0.6 is 0 Å². The van der Waals surface area contributed by atoms with Crippen molar-refractivity contribution in [2.24, 2.45) is 0 Å². The van der Waals surface area contributed by atoms with E-state index in [1.54, 1.807) is 6.08 Å². The summed E-state index contributed by atoms with van der Waals surface area (Å²) < 4.78 is 4.86. The van der Waals surface area contributed by atoms with Crippen LogP contribution < -0.4 is 0 Å². The van der Waals surface area contributed by atoms with Crippen molar-refractivity contribution >= 4 is 5.97 Å². The van der Waals surface area contributed by atoms with Crippen LogP contribution in [0.4, 0.5) is 0 Å². The van der Waals surface area contributed by atoms with E-state index < -0.39 is 0 Å². The van der Waals surface area contributed by atoms with Crippen LogP contribution in [0.5, 0.6) is 0 Å². The summed E-state index contributed by atoms with van der Waals surface area (Å²) in [4.78, 5) is 10.9. The Hall–Kier alpha value is -0.830. The Morgan fingerprint density at radius 1 is 1.73 bits per heavy atom. The highest BCUT2D eigenvalue weighted by Crippen LogP contribution is 2.17. The van der Waals surface area contributed by atoms with E-state index in [1.807, 2.05) is 6.92 Å². The molecule has 0 saturated heterocycles. The van der Waals surface area contributed by atoms with Gasteiger partial charge in [-0.3, -0.25) is 0 Å². The number of aliphatic hydroxyl groups excluding tert-OH is 1. The fourth-order valence-electron chi connectivity index (χ4n) is 1.08. The van der Waals surface area contributed by atoms with Crippen LogP contribution in [0.3, 0.4) is 0 Å². The molecule has 0 aromatic carbocycles. The first-order chi connectivity index (χ1) is 5.24. The number of hydrogen-bond acceptors (Lipinski definition) is 3. The molecule has 1 N–H and O–H groups in total. The summed E-state index contributed by atoms with van der Waals surface area (Å²) in [6.45, 7) is 1.95. The third kappa shape index (κ3) is 2.05. The molecular weight excluding hydrogens is 144 g/mol. The average molecular weight is 156 g/mol. The molecule has 1 aliphatic rings. The molecule has 1 atom stereocenters. The maximum Gasteiger partial charge on any atom is 0.334 e. The number of rotatable bonds is 3. The lowest BCUT2D eigenvalue weighted by Gasteiger charge is -1.98. The Labute approximate surface area is 65.7 Å². The second kappa shape index (κ2) is 3.53. The van der Waals surface area contributed by atoms with Crippen molar-refractivity contribution in [1.29, 1.82) is 0 Å². The summed E-state index contributed by atoms with van der Waals surface area (Å²) in [5.74, 6) is -0.231. The van der Waals surface area contributed by atoms with Gasteiger partial charge in [0.25, 0.3) is 0 Å². The molecule has 0 saturated carbocycles. The minimum Gasteiger partial charge on any atom is -0.455 e. The summed E-state index contributed by atoms with van der Waals surface area (Å²) in [5.41, 5.74) is 0.701. The lowest BCUT2D eigenvalue weighted by molar-refractivity contribution is -0.139. The predicted octanol–water partition coefficient (Wildman–Crippen LogP) is 0.631. The minimum atomic E-state index is -0.231. The van der Waals surface area contributed by atoms with Gasteiger partial charge in [0.2, 0.25) is 0 Å². The zero-order valence-corrected chi connectivity index (χ0v) is 6.54. The Kier molecular flexibility index (Phi) is 2.65. The molecule has 3 heteroatoms. The quantitative estimate of drug-likeness (QED) is 0.609. The standard InChI is InChI=1S/C8H12O3/c1-6-5-7(3-2-4-9)8(10)11-6/h5-6,9H,2-4H2,1H3/t6-/m0/s1. The molecule has 1 aliphatic heterocycles. The minimum absolute atomic E-state index is 0.0869. The van der Waals surface area contributed by atoms with E-state index in [9.17, 15) is 4.79 Å². The number of ether oxygens (including phenoxy) is 1. The van der Waals surface area contributed by atoms with Gasteiger partial charge < -0.3 is 9.84 Å². The molecule has 0 aromatic rings. The summed E-state index contributed by atoms with van der Waals surface area (Å²) in [5, 5.41) is 8.50. The van der Waals surface area contributed by atoms with Gasteiger partial charge in [-0.15, -0.1) is 0 Å². The first-order valence-corrected chi connectivity index (χ1v) is 3.76. The molecule has 0 spiro atoms. The lowest BCUT2D eigenvalue weighted by Crippen LogP contribution is -2.03. The second-order valence-corrected chi connectivity index (χ2v) is 2.63. The smallest absolute Gasteiger partial charge is 0.334 e. The van der Waals surface area contributed by atoms with Gasteiger partial charge in [0, 0.05) is 12.2 Å². The molecule has 3 nitrogen and oxygen atoms in total. The fourth-order valence-corrected chi connectivity index (χ4v) is 1.08. The van der Waals surface area contributed by atoms with Gasteiger partial charge in [-0.05, 0) is 25.8 Å². The number of carbonyl (C=O) groups excluding carboxylic acids is 1. The molecule has 0 unspecified atom stereocenters. The Balaban J connectivity index is 2.43. The fraction of sp³-hybridized carbons (Fsp3) is 0.625. The van der Waals surface area contributed by atoms with Crippen molar-refractivity contribution in [2.75, 3.05) is 6.61 Å². The van der Waals surface area contributed by atoms with Crippen LogP contribution in [0, 0.1) is 0 Å². The maximum atomic E-state index is 10.9. The normalized spacial score (nSPS) is 23.3. The van der Waals surface area contributed by atoms with E-state index in [4.69, 9.17) is 9.84 Å². The van der Waals surface area contributed by atoms with Crippen molar-refractivity contribution in [3.05, 3.63) is 11.6 Å². The SMILES string of the molecule is C[C@H]1C=C(CCCO)C(=O)O1. The van der Waals surface area contributed by atoms with Crippen molar-refractivity contribution in [2.45, 2.75) is 25.9 Å². The molecular formula is C8H12O3. The number of cyclic esters (lactones) is 1. The zero-order valence-electron chi connectivity index (χ0n) is 6.54. The highest BCUT2D eigenvalue weighted by atomic mass is 16.5. The van der Waals surface area contributed by atoms with Crippen LogP contribution in [-0.4, -0.2) is 23.8 Å². The molecule has 1 rings (SSSR count). The first-order valence-electron chi connectivity index (χ1n) is 3.76. The number of esters is 1. The van der Waals surface area contributed by atoms with Crippen LogP contribution in [0.2, 0.25) is 0 Å². The van der Waals surface area contributed by atoms with Gasteiger partial charge in [-0.2, -0.15) is 0 Å². The molecule has 0 amide bonds. The maximum absolute atomic E-state index is 10.9. The predicted molar refractivity (Wildman–Crippen MR) is 40.0 cm³/mol. The van der Waals surface area contributed by atoms with Gasteiger partial charge in [0.15, 0.2) is 0 Å². The van der Waals surface area contributed by atoms with Gasteiger partial charge in [0.05, 0.1) is 0 Å². The highest BCUT2D eigenvalue weighted by molar-refractivity contribution is 5.90. The summed E-state index contributed by atoms with van der Waals surface area (Å²) in [7, 11) is 0. The largest absolute Gasteiger partial charge is 0.455 e. The molecule has 1 heterocycles. The van der Waals surface area contributed by atoms with E-state index in [1.165, 1.54) is 0 Å². The van der Waals surface area contributed by atoms with Crippen molar-refractivity contribution < 1.29 is 14.6 Å². The number of hydrogen-bond donors (Lipinski definition) is 1. The average Bonchev–Trinajstić information content (AvgIpc) is 2.26.